The number of nitrogens with zero attached hydrogens (tertiary/aromatic N) is 3. The minimum atomic E-state index is 0. The summed E-state index contributed by atoms with van der Waals surface area (Å²) in [5, 5.41) is 2.06. The van der Waals surface area contributed by atoms with E-state index in [1.165, 1.54) is 33.4 Å². The molecular formula is C42H39IrN3O-2. The van der Waals surface area contributed by atoms with E-state index in [0.717, 1.165) is 51.0 Å². The van der Waals surface area contributed by atoms with Gasteiger partial charge in [0, 0.05) is 50.0 Å². The van der Waals surface area contributed by atoms with Crippen molar-refractivity contribution in [3.05, 3.63) is 149 Å². The van der Waals surface area contributed by atoms with Crippen molar-refractivity contribution in [2.75, 3.05) is 0 Å². The Morgan fingerprint density at radius 2 is 1.47 bits per heavy atom. The Kier molecular flexibility index (Phi) is 10.2. The summed E-state index contributed by atoms with van der Waals surface area (Å²) in [7, 11) is 0. The van der Waals surface area contributed by atoms with Crippen LogP contribution in [-0.2, 0) is 31.9 Å². The third-order valence-corrected chi connectivity index (χ3v) is 8.37. The zero-order valence-electron chi connectivity index (χ0n) is 28.0. The first-order chi connectivity index (χ1) is 22.1. The summed E-state index contributed by atoms with van der Waals surface area (Å²) < 4.78 is 6.29. The second-order valence-electron chi connectivity index (χ2n) is 13.1. The van der Waals surface area contributed by atoms with Gasteiger partial charge in [-0.05, 0) is 72.0 Å². The van der Waals surface area contributed by atoms with Gasteiger partial charge in [0.2, 0.25) is 5.71 Å². The molecule has 47 heavy (non-hydrogen) atoms. The Labute approximate surface area is 291 Å². The van der Waals surface area contributed by atoms with E-state index in [2.05, 4.69) is 126 Å². The molecule has 0 amide bonds. The van der Waals surface area contributed by atoms with Crippen molar-refractivity contribution in [2.24, 2.45) is 0 Å². The third kappa shape index (κ3) is 7.59. The molecule has 4 heterocycles. The van der Waals surface area contributed by atoms with E-state index in [4.69, 9.17) is 14.4 Å². The molecule has 0 aliphatic carbocycles. The molecule has 0 bridgehead atoms. The van der Waals surface area contributed by atoms with E-state index in [0.29, 0.717) is 5.71 Å². The Bertz CT molecular complexity index is 2140. The van der Waals surface area contributed by atoms with Crippen LogP contribution in [0.25, 0.3) is 44.6 Å². The summed E-state index contributed by atoms with van der Waals surface area (Å²) in [6.07, 6.45) is 4.64. The van der Waals surface area contributed by atoms with Gasteiger partial charge in [0.05, 0.1) is 5.58 Å². The van der Waals surface area contributed by atoms with Crippen LogP contribution in [0.4, 0.5) is 0 Å². The average Bonchev–Trinajstić information content (AvgIpc) is 3.41. The van der Waals surface area contributed by atoms with E-state index in [9.17, 15) is 0 Å². The fourth-order valence-corrected chi connectivity index (χ4v) is 5.66. The molecule has 0 aliphatic heterocycles. The van der Waals surface area contributed by atoms with Crippen LogP contribution in [-0.4, -0.2) is 15.0 Å². The van der Waals surface area contributed by atoms with E-state index >= 15 is 0 Å². The maximum atomic E-state index is 6.29. The molecule has 1 radical (unpaired) electrons. The normalized spacial score (nSPS) is 11.2. The van der Waals surface area contributed by atoms with E-state index in [1.807, 2.05) is 36.7 Å². The zero-order valence-corrected chi connectivity index (χ0v) is 30.4. The van der Waals surface area contributed by atoms with Crippen molar-refractivity contribution < 1.29 is 24.5 Å². The van der Waals surface area contributed by atoms with Gasteiger partial charge in [0.1, 0.15) is 0 Å². The number of rotatable bonds is 4. The van der Waals surface area contributed by atoms with Crippen molar-refractivity contribution in [2.45, 2.75) is 60.3 Å². The third-order valence-electron chi connectivity index (χ3n) is 8.37. The number of pyridine rings is 3. The minimum absolute atomic E-state index is 0. The van der Waals surface area contributed by atoms with Crippen molar-refractivity contribution in [1.82, 2.24) is 15.0 Å². The first kappa shape index (κ1) is 33.9. The molecule has 0 aliphatic rings. The molecule has 0 saturated heterocycles. The minimum Gasteiger partial charge on any atom is -0.486 e. The molecule has 0 N–H and O–H groups in total. The molecule has 0 fully saturated rings. The number of aryl methyl sites for hydroxylation is 4. The van der Waals surface area contributed by atoms with Crippen LogP contribution in [0.5, 0.6) is 0 Å². The number of fused-ring (bicyclic) bond motifs is 3. The summed E-state index contributed by atoms with van der Waals surface area (Å²) in [4.78, 5) is 13.9. The second-order valence-corrected chi connectivity index (χ2v) is 13.1. The smallest absolute Gasteiger partial charge is 0.216 e. The van der Waals surface area contributed by atoms with Crippen LogP contribution in [0.1, 0.15) is 59.8 Å². The molecule has 4 nitrogen and oxygen atoms in total. The van der Waals surface area contributed by atoms with E-state index < -0.39 is 0 Å². The Morgan fingerprint density at radius 3 is 2.17 bits per heavy atom. The average molecular weight is 794 g/mol. The zero-order chi connectivity index (χ0) is 32.4. The van der Waals surface area contributed by atoms with Gasteiger partial charge in [-0.3, -0.25) is 0 Å². The molecule has 7 aromatic rings. The summed E-state index contributed by atoms with van der Waals surface area (Å²) in [5.41, 5.74) is 13.7. The molecule has 3 aromatic carbocycles. The molecule has 5 heteroatoms. The van der Waals surface area contributed by atoms with Crippen LogP contribution < -0.4 is 0 Å². The summed E-state index contributed by atoms with van der Waals surface area (Å²) >= 11 is 0. The standard InChI is InChI=1S/C28H25N2O.C14H14N.Ir/c1-18-17-29-25(16-24(18)28(2,3)4)23-12-8-11-21-22-14-13-20(30-27(22)31-26(21)23)15-19-9-6-5-7-10-19;1-10-4-6-13(7-5-10)14-8-11(2)12(3)9-15-14;/h5-11,13-14,16-17H,15H2,1-4H3;4-6,8-9H,1-3H3;/q2*-1;. The SMILES string of the molecule is Cc1c[c-]c(-c2cc(C)c(C)cn2)cc1.Cc1cnc(-c2[c-]ccc3c2oc2nc(Cc4ccccc4)ccc23)cc1C(C)(C)C.[Ir]. The molecule has 239 valence electrons. The fraction of sp³-hybridized carbons (Fsp3) is 0.214. The first-order valence-electron chi connectivity index (χ1n) is 15.7. The first-order valence-corrected chi connectivity index (χ1v) is 15.7. The fourth-order valence-electron chi connectivity index (χ4n) is 5.66. The molecule has 0 saturated carbocycles. The van der Waals surface area contributed by atoms with Crippen LogP contribution in [0, 0.1) is 39.8 Å². The van der Waals surface area contributed by atoms with Gasteiger partial charge in [-0.15, -0.1) is 53.6 Å². The van der Waals surface area contributed by atoms with Crippen LogP contribution in [0.15, 0.2) is 102 Å². The Morgan fingerprint density at radius 1 is 0.723 bits per heavy atom. The van der Waals surface area contributed by atoms with Crippen molar-refractivity contribution in [3.8, 4) is 22.5 Å². The van der Waals surface area contributed by atoms with Gasteiger partial charge < -0.3 is 14.4 Å². The van der Waals surface area contributed by atoms with Gasteiger partial charge in [0.15, 0.2) is 0 Å². The summed E-state index contributed by atoms with van der Waals surface area (Å²) in [5.74, 6) is 0. The van der Waals surface area contributed by atoms with Crippen LogP contribution in [0.2, 0.25) is 0 Å². The number of hydrogen-bond acceptors (Lipinski definition) is 4. The van der Waals surface area contributed by atoms with Crippen LogP contribution >= 0.6 is 0 Å². The van der Waals surface area contributed by atoms with Crippen molar-refractivity contribution >= 4 is 22.1 Å². The maximum Gasteiger partial charge on any atom is 0.216 e. The predicted octanol–water partition coefficient (Wildman–Crippen LogP) is 10.5. The van der Waals surface area contributed by atoms with Crippen LogP contribution in [0.3, 0.4) is 0 Å². The quantitative estimate of drug-likeness (QED) is 0.167. The predicted molar refractivity (Wildman–Crippen MR) is 189 cm³/mol. The molecule has 0 spiro atoms. The van der Waals surface area contributed by atoms with Gasteiger partial charge in [0.25, 0.3) is 0 Å². The van der Waals surface area contributed by atoms with Gasteiger partial charge in [-0.25, -0.2) is 4.98 Å². The number of furan rings is 1. The van der Waals surface area contributed by atoms with Gasteiger partial charge in [-0.1, -0.05) is 86.7 Å². The monoisotopic (exact) mass is 794 g/mol. The Hall–Kier alpha value is -4.44. The maximum absolute atomic E-state index is 6.29. The molecular weight excluding hydrogens is 755 g/mol. The summed E-state index contributed by atoms with van der Waals surface area (Å²) in [6.45, 7) is 15.0. The molecule has 0 atom stereocenters. The van der Waals surface area contributed by atoms with Crippen molar-refractivity contribution in [3.63, 3.8) is 0 Å². The topological polar surface area (TPSA) is 51.8 Å². The van der Waals surface area contributed by atoms with Gasteiger partial charge in [-0.2, -0.15) is 0 Å². The largest absolute Gasteiger partial charge is 0.486 e. The van der Waals surface area contributed by atoms with Gasteiger partial charge >= 0.3 is 0 Å². The molecule has 7 rings (SSSR count). The molecule has 0 unspecified atom stereocenters. The van der Waals surface area contributed by atoms with Crippen molar-refractivity contribution in [1.29, 1.82) is 0 Å². The van der Waals surface area contributed by atoms with E-state index in [1.54, 1.807) is 0 Å². The summed E-state index contributed by atoms with van der Waals surface area (Å²) in [6, 6.07) is 35.6. The second kappa shape index (κ2) is 14.1. The number of aromatic nitrogens is 3. The number of hydrogen-bond donors (Lipinski definition) is 0. The number of benzene rings is 3. The van der Waals surface area contributed by atoms with E-state index in [-0.39, 0.29) is 25.5 Å². The Balaban J connectivity index is 0.000000228. The molecule has 4 aromatic heterocycles.